The minimum absolute atomic E-state index is 1.43. The summed E-state index contributed by atoms with van der Waals surface area (Å²) in [5, 5.41) is 4.70. The van der Waals surface area contributed by atoms with Gasteiger partial charge in [-0.2, -0.15) is 0 Å². The van der Waals surface area contributed by atoms with Gasteiger partial charge in [-0.15, -0.1) is 45.3 Å². The van der Waals surface area contributed by atoms with Gasteiger partial charge in [0.1, 0.15) is 65.9 Å². The van der Waals surface area contributed by atoms with E-state index in [2.05, 4.69) is 179 Å². The number of thiophene rings is 4. The largest absolute Gasteiger partial charge is 0.421 e. The summed E-state index contributed by atoms with van der Waals surface area (Å²) in [7, 11) is -14.8. The van der Waals surface area contributed by atoms with E-state index in [9.17, 15) is 0 Å². The van der Waals surface area contributed by atoms with Crippen molar-refractivity contribution in [2.45, 2.75) is 153 Å². The van der Waals surface area contributed by atoms with E-state index in [0.29, 0.717) is 0 Å². The number of rotatable bonds is 3. The molecule has 8 heterocycles. The van der Waals surface area contributed by atoms with Crippen LogP contribution in [0.1, 0.15) is 0 Å². The second-order valence-corrected chi connectivity index (χ2v) is 65.0. The third kappa shape index (κ3) is 6.67. The normalized spacial score (nSPS) is 25.2. The van der Waals surface area contributed by atoms with E-state index in [0.717, 1.165) is 0 Å². The molecule has 4 bridgehead atoms. The number of hydrogen-bond donors (Lipinski definition) is 0. The average Bonchev–Trinajstić information content (AvgIpc) is 3.88. The van der Waals surface area contributed by atoms with Gasteiger partial charge in [0.25, 0.3) is 0 Å². The van der Waals surface area contributed by atoms with Crippen molar-refractivity contribution < 1.29 is 0 Å². The third-order valence-corrected chi connectivity index (χ3v) is 58.9. The fourth-order valence-electron chi connectivity index (χ4n) is 12.2. The van der Waals surface area contributed by atoms with Crippen molar-refractivity contribution in [3.8, 4) is 29.3 Å². The maximum Gasteiger partial charge on any atom is 0.141 e. The predicted octanol–water partition coefficient (Wildman–Crippen LogP) is 15.9. The van der Waals surface area contributed by atoms with Crippen LogP contribution in [0.15, 0.2) is 35.0 Å². The smallest absolute Gasteiger partial charge is 0.141 e. The lowest BCUT2D eigenvalue weighted by Gasteiger charge is -2.60. The molecule has 4 aliphatic heterocycles. The number of nitrogens with zero attached hydrogens (tertiary/aromatic N) is 4. The van der Waals surface area contributed by atoms with Crippen LogP contribution in [0.5, 0.6) is 0 Å². The van der Waals surface area contributed by atoms with E-state index in [-0.39, 0.29) is 0 Å². The van der Waals surface area contributed by atoms with Crippen LogP contribution < -0.4 is 16.9 Å². The highest BCUT2D eigenvalue weighted by Crippen LogP contribution is 2.67. The molecule has 0 aliphatic carbocycles. The molecular weight excluding hydrogens is 889 g/mol. The van der Waals surface area contributed by atoms with Crippen LogP contribution in [-0.2, 0) is 0 Å². The van der Waals surface area contributed by atoms with Gasteiger partial charge in [-0.05, 0) is 71.2 Å². The molecule has 8 rings (SSSR count). The Morgan fingerprint density at radius 1 is 0.339 bits per heavy atom. The first kappa shape index (κ1) is 42.4. The first-order valence-corrected chi connectivity index (χ1v) is 50.0. The summed E-state index contributed by atoms with van der Waals surface area (Å²) in [4.78, 5) is 9.54. The fourth-order valence-corrected chi connectivity index (χ4v) is 74.0. The van der Waals surface area contributed by atoms with Gasteiger partial charge in [0.2, 0.25) is 0 Å². The van der Waals surface area contributed by atoms with Gasteiger partial charge in [0.05, 0.1) is 42.3 Å². The first-order valence-electron chi connectivity index (χ1n) is 21.4. The van der Waals surface area contributed by atoms with Crippen LogP contribution in [0.2, 0.25) is 153 Å². The summed E-state index contributed by atoms with van der Waals surface area (Å²) in [6.07, 6.45) is 0. The molecular formula is C40H70N4S4Si8. The van der Waals surface area contributed by atoms with Gasteiger partial charge in [-0.1, -0.05) is 117 Å². The molecule has 0 saturated heterocycles. The van der Waals surface area contributed by atoms with Crippen molar-refractivity contribution in [3.63, 3.8) is 0 Å². The lowest BCUT2D eigenvalue weighted by atomic mass is 10.2. The van der Waals surface area contributed by atoms with Gasteiger partial charge in [-0.25, -0.2) is 0 Å². The van der Waals surface area contributed by atoms with E-state index < -0.39 is 65.9 Å². The van der Waals surface area contributed by atoms with Gasteiger partial charge in [0, 0.05) is 9.75 Å². The summed E-state index contributed by atoms with van der Waals surface area (Å²) < 4.78 is 13.2. The maximum absolute atomic E-state index is 3.33. The lowest BCUT2D eigenvalue weighted by molar-refractivity contribution is 1.10. The predicted molar refractivity (Wildman–Crippen MR) is 282 cm³/mol. The fraction of sp³-hybridized carbons (Fsp3) is 0.600. The van der Waals surface area contributed by atoms with E-state index >= 15 is 0 Å². The summed E-state index contributed by atoms with van der Waals surface area (Å²) in [6, 6.07) is 21.0. The van der Waals surface area contributed by atoms with Gasteiger partial charge >= 0.3 is 0 Å². The van der Waals surface area contributed by atoms with Crippen LogP contribution >= 0.6 is 45.3 Å². The van der Waals surface area contributed by atoms with Gasteiger partial charge in [0.15, 0.2) is 0 Å². The summed E-state index contributed by atoms with van der Waals surface area (Å²) in [5.74, 6) is 0. The van der Waals surface area contributed by atoms with Crippen molar-refractivity contribution in [1.82, 2.24) is 0 Å². The molecule has 0 atom stereocenters. The van der Waals surface area contributed by atoms with Crippen molar-refractivity contribution in [2.24, 2.45) is 0 Å². The van der Waals surface area contributed by atoms with E-state index in [1.165, 1.54) is 58.1 Å². The Labute approximate surface area is 365 Å². The first-order chi connectivity index (χ1) is 25.7. The molecule has 0 fully saturated rings. The molecule has 0 spiro atoms. The Morgan fingerprint density at radius 3 is 0.750 bits per heavy atom. The minimum Gasteiger partial charge on any atom is -0.421 e. The highest BCUT2D eigenvalue weighted by molar-refractivity contribution is 7.31. The molecule has 56 heavy (non-hydrogen) atoms. The Kier molecular flexibility index (Phi) is 10.3. The number of anilines is 4. The molecule has 4 nitrogen and oxygen atoms in total. The lowest BCUT2D eigenvalue weighted by Crippen LogP contribution is -2.71. The van der Waals surface area contributed by atoms with Crippen molar-refractivity contribution in [3.05, 3.63) is 35.0 Å². The average molecular weight is 960 g/mol. The Hall–Kier alpha value is -0.265. The topological polar surface area (TPSA) is 13.0 Å². The van der Waals surface area contributed by atoms with Crippen LogP contribution in [0, 0.1) is 0 Å². The molecule has 306 valence electrons. The number of hydrogen-bond acceptors (Lipinski definition) is 8. The molecule has 4 aromatic heterocycles. The molecule has 0 amide bonds. The summed E-state index contributed by atoms with van der Waals surface area (Å²) in [6.45, 7) is 44.5. The van der Waals surface area contributed by atoms with E-state index in [1.54, 1.807) is 42.3 Å². The van der Waals surface area contributed by atoms with Crippen LogP contribution in [0.3, 0.4) is 0 Å². The molecule has 4 aromatic rings. The van der Waals surface area contributed by atoms with Crippen molar-refractivity contribution >= 4 is 134 Å². The molecule has 0 N–H and O–H groups in total. The molecule has 0 aromatic carbocycles. The third-order valence-electron chi connectivity index (χ3n) is 14.5. The van der Waals surface area contributed by atoms with Crippen molar-refractivity contribution in [1.29, 1.82) is 0 Å². The monoisotopic (exact) mass is 958 g/mol. The van der Waals surface area contributed by atoms with Gasteiger partial charge < -0.3 is 16.9 Å². The zero-order chi connectivity index (χ0) is 40.8. The minimum atomic E-state index is -1.87. The maximum atomic E-state index is 3.33. The SMILES string of the molecule is C[Si]1(C)CC[Si](C)(C)N2c3c(-c4sc(-c5cccs5)c5c4N4[Si](C)(C)CC[Si](C)(C)N5[Si](C)(C)CC[Si]4(C)C)sc(-c4cccs4)c3N1[Si](C)(C)CC[Si]2(C)C. The second-order valence-electron chi connectivity index (χ2n) is 22.7. The Morgan fingerprint density at radius 2 is 0.554 bits per heavy atom. The van der Waals surface area contributed by atoms with E-state index in [1.807, 2.05) is 22.7 Å². The van der Waals surface area contributed by atoms with Crippen LogP contribution in [0.4, 0.5) is 22.7 Å². The molecule has 16 heteroatoms. The zero-order valence-corrected chi connectivity index (χ0v) is 48.8. The molecule has 0 radical (unpaired) electrons. The van der Waals surface area contributed by atoms with Crippen LogP contribution in [0.25, 0.3) is 29.3 Å². The highest BCUT2D eigenvalue weighted by atomic mass is 32.1. The van der Waals surface area contributed by atoms with E-state index in [4.69, 9.17) is 0 Å². The quantitative estimate of drug-likeness (QED) is 0.190. The second kappa shape index (κ2) is 13.6. The molecule has 0 unspecified atom stereocenters. The Balaban J connectivity index is 1.62. The Bertz CT molecular complexity index is 1920. The van der Waals surface area contributed by atoms with Gasteiger partial charge in [-0.3, -0.25) is 0 Å². The standard InChI is InChI=1S/C40H70N4S4Si8/c1-49(2)23-27-53(9,10)43-35-33(41(49)50(3,4)24-28-54(43,11)12)37(31-19-17-21-45-31)47-39(35)40-36-34(38(48-40)32-20-18-22-46-32)42-51(5,6)25-29-55(13,14)44(36)56(15,16)30-26-52(42,7)8/h17-22H,23-30H2,1-16H3. The summed E-state index contributed by atoms with van der Waals surface area (Å²) >= 11 is 8.48. The van der Waals surface area contributed by atoms with Crippen LogP contribution in [-0.4, -0.2) is 65.9 Å². The van der Waals surface area contributed by atoms with Crippen molar-refractivity contribution in [2.75, 3.05) is 16.9 Å². The summed E-state index contributed by atoms with van der Waals surface area (Å²) in [5.41, 5.74) is 6.87. The zero-order valence-electron chi connectivity index (χ0n) is 37.5. The molecule has 0 saturated carbocycles. The molecule has 4 aliphatic rings. The highest BCUT2D eigenvalue weighted by Gasteiger charge is 2.57.